The van der Waals surface area contributed by atoms with Crippen LogP contribution < -0.4 is 0 Å². The molecule has 0 amide bonds. The van der Waals surface area contributed by atoms with E-state index in [1.54, 1.807) is 0 Å². The summed E-state index contributed by atoms with van der Waals surface area (Å²) in [7, 11) is 0. The average molecular weight is 553 g/mol. The molecule has 0 fully saturated rings. The van der Waals surface area contributed by atoms with Crippen molar-refractivity contribution in [3.8, 4) is 11.3 Å². The fraction of sp³-hybridized carbons (Fsp3) is 0. The molecule has 3 aromatic carbocycles. The summed E-state index contributed by atoms with van der Waals surface area (Å²) >= 11 is 1.85. The molecular weight excluding hydrogens is 539 g/mol. The van der Waals surface area contributed by atoms with Crippen LogP contribution in [0, 0.1) is 6.07 Å². The second-order valence-electron chi connectivity index (χ2n) is 6.70. The van der Waals surface area contributed by atoms with Crippen LogP contribution >= 0.6 is 11.8 Å². The number of pyridine rings is 1. The van der Waals surface area contributed by atoms with Gasteiger partial charge in [0.2, 0.25) is 0 Å². The first-order valence-corrected chi connectivity index (χ1v) is 9.81. The van der Waals surface area contributed by atoms with Crippen molar-refractivity contribution in [1.82, 2.24) is 4.98 Å². The average Bonchev–Trinajstić information content (AvgIpc) is 3.06. The summed E-state index contributed by atoms with van der Waals surface area (Å²) in [6, 6.07) is 31.3. The smallest absolute Gasteiger partial charge is 0.0201 e. The monoisotopic (exact) mass is 553 g/mol. The van der Waals surface area contributed by atoms with Crippen LogP contribution in [0.4, 0.5) is 0 Å². The molecule has 4 aromatic rings. The largest absolute Gasteiger partial charge is 0.304 e. The van der Waals surface area contributed by atoms with E-state index in [2.05, 4.69) is 77.8 Å². The Hall–Kier alpha value is -2.45. The standard InChI is InChI=1S/C25H14NS.Ir/c1-2-9-17-16(8-1)23(20-12-7-15-26-25(17)20)24-18-10-3-5-13-21(18)27-22-14-6-4-11-19(22)24;/h1-8,10-15H;/q-1;. The van der Waals surface area contributed by atoms with Crippen molar-refractivity contribution in [2.45, 2.75) is 9.79 Å². The van der Waals surface area contributed by atoms with Crippen molar-refractivity contribution < 1.29 is 20.1 Å². The summed E-state index contributed by atoms with van der Waals surface area (Å²) in [5.41, 5.74) is 9.70. The van der Waals surface area contributed by atoms with Crippen molar-refractivity contribution in [2.24, 2.45) is 0 Å². The van der Waals surface area contributed by atoms with Gasteiger partial charge in [-0.05, 0) is 46.2 Å². The molecule has 0 saturated heterocycles. The minimum atomic E-state index is 0. The Morgan fingerprint density at radius 2 is 1.25 bits per heavy atom. The molecule has 135 valence electrons. The Balaban J connectivity index is 0.00000171. The van der Waals surface area contributed by atoms with Gasteiger partial charge < -0.3 is 4.98 Å². The molecule has 6 rings (SSSR count). The third kappa shape index (κ3) is 2.48. The normalized spacial score (nSPS) is 13.1. The minimum absolute atomic E-state index is 0. The van der Waals surface area contributed by atoms with E-state index in [1.165, 1.54) is 43.2 Å². The van der Waals surface area contributed by atoms with Crippen LogP contribution in [-0.4, -0.2) is 4.98 Å². The summed E-state index contributed by atoms with van der Waals surface area (Å²) in [4.78, 5) is 7.29. The Labute approximate surface area is 181 Å². The van der Waals surface area contributed by atoms with Gasteiger partial charge in [0.1, 0.15) is 0 Å². The molecule has 0 N–H and O–H groups in total. The Kier molecular flexibility index (Phi) is 4.32. The first-order valence-electron chi connectivity index (χ1n) is 8.99. The van der Waals surface area contributed by atoms with Gasteiger partial charge in [-0.3, -0.25) is 0 Å². The van der Waals surface area contributed by atoms with Gasteiger partial charge in [-0.2, -0.15) is 0 Å². The molecule has 3 heteroatoms. The Morgan fingerprint density at radius 1 is 0.643 bits per heavy atom. The maximum Gasteiger partial charge on any atom is 0.0201 e. The molecule has 1 aliphatic carbocycles. The molecule has 1 nitrogen and oxygen atoms in total. The van der Waals surface area contributed by atoms with E-state index in [1.807, 2.05) is 30.1 Å². The molecule has 0 saturated carbocycles. The van der Waals surface area contributed by atoms with E-state index >= 15 is 0 Å². The number of rotatable bonds is 0. The van der Waals surface area contributed by atoms with E-state index in [0.29, 0.717) is 0 Å². The molecule has 0 unspecified atom stereocenters. The van der Waals surface area contributed by atoms with Gasteiger partial charge in [0, 0.05) is 36.1 Å². The zero-order valence-corrected chi connectivity index (χ0v) is 18.0. The summed E-state index contributed by atoms with van der Waals surface area (Å²) in [6.45, 7) is 0. The number of hydrogen-bond donors (Lipinski definition) is 0. The third-order valence-corrected chi connectivity index (χ3v) is 6.37. The van der Waals surface area contributed by atoms with Crippen molar-refractivity contribution in [1.29, 1.82) is 0 Å². The number of benzene rings is 3. The predicted molar refractivity (Wildman–Crippen MR) is 111 cm³/mol. The second-order valence-corrected chi connectivity index (χ2v) is 7.79. The summed E-state index contributed by atoms with van der Waals surface area (Å²) < 4.78 is 0. The van der Waals surface area contributed by atoms with Crippen molar-refractivity contribution in [3.05, 3.63) is 113 Å². The van der Waals surface area contributed by atoms with E-state index < -0.39 is 0 Å². The van der Waals surface area contributed by atoms with Crippen LogP contribution in [0.3, 0.4) is 0 Å². The maximum atomic E-state index is 4.69. The van der Waals surface area contributed by atoms with E-state index in [0.717, 1.165) is 11.3 Å². The van der Waals surface area contributed by atoms with Gasteiger partial charge in [-0.1, -0.05) is 65.4 Å². The van der Waals surface area contributed by atoms with E-state index in [9.17, 15) is 0 Å². The zero-order valence-electron chi connectivity index (χ0n) is 14.8. The Morgan fingerprint density at radius 3 is 2.00 bits per heavy atom. The Bertz CT molecular complexity index is 1160. The van der Waals surface area contributed by atoms with Crippen LogP contribution in [0.25, 0.3) is 22.4 Å². The summed E-state index contributed by atoms with van der Waals surface area (Å²) in [6.07, 6.45) is 1.87. The third-order valence-electron chi connectivity index (χ3n) is 5.22. The minimum Gasteiger partial charge on any atom is -0.304 e. The van der Waals surface area contributed by atoms with Crippen molar-refractivity contribution in [2.75, 3.05) is 0 Å². The molecular formula is C25H14IrNS-. The van der Waals surface area contributed by atoms with Crippen molar-refractivity contribution >= 4 is 22.9 Å². The molecule has 2 heterocycles. The van der Waals surface area contributed by atoms with Crippen molar-refractivity contribution in [3.63, 3.8) is 0 Å². The topological polar surface area (TPSA) is 12.9 Å². The quantitative estimate of drug-likeness (QED) is 0.204. The SMILES string of the molecule is [Ir].[c-]1cccc2c1-c1ncccc1C2=C1c2ccccc2Sc2ccccc21. The van der Waals surface area contributed by atoms with Gasteiger partial charge in [-0.15, -0.1) is 29.8 Å². The number of hydrogen-bond acceptors (Lipinski definition) is 2. The fourth-order valence-corrected chi connectivity index (χ4v) is 5.21. The number of nitrogens with zero attached hydrogens (tertiary/aromatic N) is 1. The second kappa shape index (κ2) is 6.86. The number of aromatic nitrogens is 1. The van der Waals surface area contributed by atoms with E-state index in [-0.39, 0.29) is 20.1 Å². The maximum absolute atomic E-state index is 4.69. The summed E-state index contributed by atoms with van der Waals surface area (Å²) in [5, 5.41) is 0. The molecule has 0 bridgehead atoms. The molecule has 1 aliphatic heterocycles. The van der Waals surface area contributed by atoms with Crippen LogP contribution in [0.15, 0.2) is 94.9 Å². The predicted octanol–water partition coefficient (Wildman–Crippen LogP) is 6.33. The molecule has 0 spiro atoms. The molecule has 0 atom stereocenters. The zero-order chi connectivity index (χ0) is 17.8. The van der Waals surface area contributed by atoms with Gasteiger partial charge in [-0.25, -0.2) is 0 Å². The molecule has 28 heavy (non-hydrogen) atoms. The fourth-order valence-electron chi connectivity index (χ4n) is 4.12. The first-order chi connectivity index (χ1) is 13.4. The van der Waals surface area contributed by atoms with E-state index in [4.69, 9.17) is 0 Å². The van der Waals surface area contributed by atoms with Crippen LogP contribution in [0.1, 0.15) is 22.3 Å². The van der Waals surface area contributed by atoms with Crippen LogP contribution in [-0.2, 0) is 20.1 Å². The van der Waals surface area contributed by atoms with Gasteiger partial charge in [0.05, 0.1) is 0 Å². The molecule has 1 radical (unpaired) electrons. The van der Waals surface area contributed by atoms with Gasteiger partial charge in [0.15, 0.2) is 0 Å². The first kappa shape index (κ1) is 17.6. The van der Waals surface area contributed by atoms with Gasteiger partial charge in [0.25, 0.3) is 0 Å². The molecule has 1 aromatic heterocycles. The molecule has 2 aliphatic rings. The summed E-state index contributed by atoms with van der Waals surface area (Å²) in [5.74, 6) is 0. The van der Waals surface area contributed by atoms with Crippen LogP contribution in [0.5, 0.6) is 0 Å². The number of fused-ring (bicyclic) bond motifs is 5. The van der Waals surface area contributed by atoms with Crippen LogP contribution in [0.2, 0.25) is 0 Å². The van der Waals surface area contributed by atoms with Gasteiger partial charge >= 0.3 is 0 Å².